The number of halogens is 1. The molecule has 0 spiro atoms. The van der Waals surface area contributed by atoms with E-state index >= 15 is 0 Å². The van der Waals surface area contributed by atoms with E-state index in [1.807, 2.05) is 74.5 Å². The fourth-order valence-electron chi connectivity index (χ4n) is 4.17. The van der Waals surface area contributed by atoms with E-state index < -0.39 is 25.2 Å². The van der Waals surface area contributed by atoms with Gasteiger partial charge in [-0.2, -0.15) is 0 Å². The lowest BCUT2D eigenvalue weighted by Crippen LogP contribution is -2.51. The van der Waals surface area contributed by atoms with Crippen molar-refractivity contribution in [1.29, 1.82) is 0 Å². The van der Waals surface area contributed by atoms with E-state index in [1.165, 1.54) is 6.07 Å². The van der Waals surface area contributed by atoms with Gasteiger partial charge in [0.05, 0.1) is 13.2 Å². The largest absolute Gasteiger partial charge is 0.357 e. The van der Waals surface area contributed by atoms with Gasteiger partial charge in [-0.05, 0) is 42.3 Å². The number of hydrogen-bond donors (Lipinski definition) is 3. The predicted octanol–water partition coefficient (Wildman–Crippen LogP) is 7.04. The molecule has 3 aromatic rings. The van der Waals surface area contributed by atoms with Crippen molar-refractivity contribution in [2.45, 2.75) is 64.3 Å². The van der Waals surface area contributed by atoms with Gasteiger partial charge in [0.25, 0.3) is 0 Å². The van der Waals surface area contributed by atoms with Gasteiger partial charge < -0.3 is 25.0 Å². The van der Waals surface area contributed by atoms with Crippen molar-refractivity contribution in [2.24, 2.45) is 0 Å². The fraction of sp³-hybridized carbons (Fsp3) is 0.375. The number of nitrogens with one attached hydrogen (secondary N) is 3. The topological polar surface area (TPSA) is 88.7 Å². The van der Waals surface area contributed by atoms with Crippen LogP contribution < -0.4 is 16.0 Å². The van der Waals surface area contributed by atoms with Crippen LogP contribution in [0, 0.1) is 5.82 Å². The zero-order valence-electron chi connectivity index (χ0n) is 24.3. The van der Waals surface area contributed by atoms with Crippen molar-refractivity contribution < 1.29 is 22.8 Å². The Morgan fingerprint density at radius 1 is 0.857 bits per heavy atom. The van der Waals surface area contributed by atoms with Crippen molar-refractivity contribution in [2.75, 3.05) is 13.2 Å². The van der Waals surface area contributed by atoms with Gasteiger partial charge in [0.1, 0.15) is 11.9 Å². The summed E-state index contributed by atoms with van der Waals surface area (Å²) in [7, 11) is -3.74. The maximum Gasteiger partial charge on any atom is 0.357 e. The molecule has 3 aromatic carbocycles. The van der Waals surface area contributed by atoms with Crippen LogP contribution in [0.25, 0.3) is 0 Å². The van der Waals surface area contributed by atoms with Crippen molar-refractivity contribution in [3.63, 3.8) is 0 Å². The maximum absolute atomic E-state index is 14.3. The van der Waals surface area contributed by atoms with Crippen LogP contribution >= 0.6 is 19.8 Å². The van der Waals surface area contributed by atoms with Crippen LogP contribution in [0.1, 0.15) is 62.0 Å². The molecule has 0 aliphatic rings. The first kappa shape index (κ1) is 33.4. The van der Waals surface area contributed by atoms with E-state index in [1.54, 1.807) is 18.2 Å². The van der Waals surface area contributed by atoms with Gasteiger partial charge in [-0.3, -0.25) is 9.36 Å². The molecule has 0 fully saturated rings. The van der Waals surface area contributed by atoms with Crippen LogP contribution in [0.5, 0.6) is 0 Å². The minimum absolute atomic E-state index is 0.0248. The highest BCUT2D eigenvalue weighted by atomic mass is 32.1. The molecule has 0 aliphatic heterocycles. The van der Waals surface area contributed by atoms with Crippen LogP contribution in [0.2, 0.25) is 0 Å². The first-order chi connectivity index (χ1) is 20.4. The Bertz CT molecular complexity index is 1290. The number of unbranched alkanes of at least 4 members (excludes halogenated alkanes) is 2. The summed E-state index contributed by atoms with van der Waals surface area (Å²) < 4.78 is 40.4. The summed E-state index contributed by atoms with van der Waals surface area (Å²) >= 11 is 5.69. The molecule has 3 N–H and O–H groups in total. The minimum Gasteiger partial charge on any atom is -0.351 e. The third-order valence-electron chi connectivity index (χ3n) is 6.55. The van der Waals surface area contributed by atoms with E-state index in [0.29, 0.717) is 17.5 Å². The highest BCUT2D eigenvalue weighted by molar-refractivity contribution is 7.80. The normalized spacial score (nSPS) is 12.7. The molecule has 0 saturated heterocycles. The van der Waals surface area contributed by atoms with Gasteiger partial charge in [-0.15, -0.1) is 0 Å². The minimum atomic E-state index is -3.74. The Morgan fingerprint density at radius 3 is 2.02 bits per heavy atom. The number of amides is 1. The van der Waals surface area contributed by atoms with E-state index in [9.17, 15) is 13.8 Å². The Balaban J connectivity index is 1.83. The number of carbonyl (C=O) groups is 1. The predicted molar refractivity (Wildman–Crippen MR) is 170 cm³/mol. The molecule has 0 saturated carbocycles. The van der Waals surface area contributed by atoms with Gasteiger partial charge >= 0.3 is 7.60 Å². The molecule has 0 bridgehead atoms. The Kier molecular flexibility index (Phi) is 14.1. The van der Waals surface area contributed by atoms with Gasteiger partial charge in [-0.25, -0.2) is 4.39 Å². The molecule has 2 atom stereocenters. The molecule has 0 aromatic heterocycles. The summed E-state index contributed by atoms with van der Waals surface area (Å²) in [6, 6.07) is 24.2. The van der Waals surface area contributed by atoms with Crippen molar-refractivity contribution >= 4 is 30.8 Å². The molecule has 0 aliphatic carbocycles. The lowest BCUT2D eigenvalue weighted by Gasteiger charge is -2.30. The van der Waals surface area contributed by atoms with Gasteiger partial charge in [0.15, 0.2) is 10.9 Å². The quantitative estimate of drug-likeness (QED) is 0.0855. The second-order valence-electron chi connectivity index (χ2n) is 9.90. The standard InChI is InChI=1S/C32H41FN3O4PS/c1-3-5-21-39-41(38,40-22-6-4-2)31(26-17-11-8-12-18-26)36-32(42)35-29(23-25-15-9-7-10-16-25)30(37)34-24-27-19-13-14-20-28(27)33/h7-20,29,31H,3-6,21-24H2,1-2H3,(H,34,37)(H2,35,36,42)/t29-,31?/m0/s1. The van der Waals surface area contributed by atoms with Crippen LogP contribution in [0.4, 0.5) is 4.39 Å². The lowest BCUT2D eigenvalue weighted by atomic mass is 10.1. The summed E-state index contributed by atoms with van der Waals surface area (Å²) in [4.78, 5) is 13.4. The Labute approximate surface area is 254 Å². The number of hydrogen-bond acceptors (Lipinski definition) is 5. The summed E-state index contributed by atoms with van der Waals surface area (Å²) in [5.74, 6) is -1.65. The first-order valence-corrected chi connectivity index (χ1v) is 16.4. The summed E-state index contributed by atoms with van der Waals surface area (Å²) in [6.45, 7) is 4.64. The van der Waals surface area contributed by atoms with Crippen LogP contribution in [-0.4, -0.2) is 30.3 Å². The highest BCUT2D eigenvalue weighted by Gasteiger charge is 2.38. The van der Waals surface area contributed by atoms with E-state index in [2.05, 4.69) is 16.0 Å². The van der Waals surface area contributed by atoms with Crippen LogP contribution in [-0.2, 0) is 31.4 Å². The van der Waals surface area contributed by atoms with Crippen LogP contribution in [0.3, 0.4) is 0 Å². The second kappa shape index (κ2) is 17.8. The summed E-state index contributed by atoms with van der Waals surface area (Å²) in [5, 5.41) is 9.19. The molecule has 7 nitrogen and oxygen atoms in total. The zero-order valence-corrected chi connectivity index (χ0v) is 26.0. The smallest absolute Gasteiger partial charge is 0.351 e. The molecular formula is C32H41FN3O4PS. The van der Waals surface area contributed by atoms with Crippen LogP contribution in [0.15, 0.2) is 84.9 Å². The number of rotatable bonds is 17. The van der Waals surface area contributed by atoms with Crippen molar-refractivity contribution in [3.05, 3.63) is 107 Å². The van der Waals surface area contributed by atoms with E-state index in [-0.39, 0.29) is 30.8 Å². The average molecular weight is 614 g/mol. The van der Waals surface area contributed by atoms with Gasteiger partial charge in [0.2, 0.25) is 5.91 Å². The second-order valence-corrected chi connectivity index (χ2v) is 12.4. The molecule has 3 rings (SSSR count). The monoisotopic (exact) mass is 613 g/mol. The lowest BCUT2D eigenvalue weighted by molar-refractivity contribution is -0.122. The maximum atomic E-state index is 14.3. The SMILES string of the molecule is CCCCOP(=O)(OCCCC)C(NC(=S)N[C@@H](Cc1ccccc1)C(=O)NCc1ccccc1F)c1ccccc1. The molecule has 0 heterocycles. The number of carbonyl (C=O) groups excluding carboxylic acids is 1. The molecule has 42 heavy (non-hydrogen) atoms. The molecule has 1 unspecified atom stereocenters. The van der Waals surface area contributed by atoms with E-state index in [0.717, 1.165) is 31.2 Å². The van der Waals surface area contributed by atoms with Crippen molar-refractivity contribution in [3.8, 4) is 0 Å². The molecule has 10 heteroatoms. The summed E-state index contributed by atoms with van der Waals surface area (Å²) in [5.41, 5.74) is 1.97. The molecular weight excluding hydrogens is 572 g/mol. The fourth-order valence-corrected chi connectivity index (χ4v) is 6.48. The zero-order chi connectivity index (χ0) is 30.2. The number of benzene rings is 3. The van der Waals surface area contributed by atoms with E-state index in [4.69, 9.17) is 21.3 Å². The van der Waals surface area contributed by atoms with Crippen molar-refractivity contribution in [1.82, 2.24) is 16.0 Å². The third kappa shape index (κ3) is 10.6. The molecule has 226 valence electrons. The number of thiocarbonyl (C=S) groups is 1. The highest BCUT2D eigenvalue weighted by Crippen LogP contribution is 2.59. The molecule has 1 amide bonds. The third-order valence-corrected chi connectivity index (χ3v) is 8.93. The Hall–Kier alpha value is -3.10. The molecule has 0 radical (unpaired) electrons. The Morgan fingerprint density at radius 2 is 1.43 bits per heavy atom. The van der Waals surface area contributed by atoms with Gasteiger partial charge in [-0.1, -0.05) is 106 Å². The average Bonchev–Trinajstić information content (AvgIpc) is 3.00. The summed E-state index contributed by atoms with van der Waals surface area (Å²) in [6.07, 6.45) is 3.53. The van der Waals surface area contributed by atoms with Gasteiger partial charge in [0, 0.05) is 18.5 Å². The first-order valence-electron chi connectivity index (χ1n) is 14.4.